The van der Waals surface area contributed by atoms with E-state index in [1.54, 1.807) is 13.8 Å². The Hall–Kier alpha value is -2.30. The van der Waals surface area contributed by atoms with E-state index < -0.39 is 5.97 Å². The van der Waals surface area contributed by atoms with E-state index in [0.29, 0.717) is 12.7 Å². The summed E-state index contributed by atoms with van der Waals surface area (Å²) in [6.07, 6.45) is 1.09. The molecular weight excluding hydrogens is 246 g/mol. The normalized spacial score (nSPS) is 12.6. The monoisotopic (exact) mass is 263 g/mol. The third-order valence-corrected chi connectivity index (χ3v) is 2.70. The number of benzene rings is 1. The van der Waals surface area contributed by atoms with Crippen molar-refractivity contribution in [2.24, 2.45) is 0 Å². The summed E-state index contributed by atoms with van der Waals surface area (Å²) in [6, 6.07) is 8.81. The molecule has 1 atom stereocenters. The molecule has 0 aliphatic rings. The van der Waals surface area contributed by atoms with Gasteiger partial charge in [-0.05, 0) is 19.4 Å². The maximum Gasteiger partial charge on any atom is 0.358 e. The highest BCUT2D eigenvalue weighted by Gasteiger charge is 2.24. The number of ether oxygens (including phenoxy) is 1. The van der Waals surface area contributed by atoms with E-state index in [2.05, 4.69) is 0 Å². The van der Waals surface area contributed by atoms with Crippen LogP contribution in [-0.4, -0.2) is 29.0 Å². The van der Waals surface area contributed by atoms with Gasteiger partial charge < -0.3 is 9.84 Å². The van der Waals surface area contributed by atoms with Crippen molar-refractivity contribution in [1.82, 2.24) is 4.90 Å². The van der Waals surface area contributed by atoms with Crippen LogP contribution in [0, 0.1) is 0 Å². The molecule has 5 heteroatoms. The molecule has 0 saturated carbocycles. The first-order valence-corrected chi connectivity index (χ1v) is 5.95. The smallest absolute Gasteiger partial charge is 0.358 e. The van der Waals surface area contributed by atoms with Crippen LogP contribution < -0.4 is 0 Å². The lowest BCUT2D eigenvalue weighted by Crippen LogP contribution is -2.30. The predicted octanol–water partition coefficient (Wildman–Crippen LogP) is 2.17. The minimum absolute atomic E-state index is 0.169. The second-order valence-electron chi connectivity index (χ2n) is 3.83. The molecule has 0 bridgehead atoms. The Morgan fingerprint density at radius 3 is 2.53 bits per heavy atom. The van der Waals surface area contributed by atoms with Gasteiger partial charge in [0.2, 0.25) is 6.41 Å². The van der Waals surface area contributed by atoms with E-state index in [1.807, 2.05) is 30.3 Å². The molecule has 0 aromatic heterocycles. The first kappa shape index (κ1) is 14.8. The highest BCUT2D eigenvalue weighted by atomic mass is 16.5. The lowest BCUT2D eigenvalue weighted by molar-refractivity contribution is -0.142. The summed E-state index contributed by atoms with van der Waals surface area (Å²) in [4.78, 5) is 24.0. The summed E-state index contributed by atoms with van der Waals surface area (Å²) in [5.41, 5.74) is 0.659. The fourth-order valence-corrected chi connectivity index (χ4v) is 1.68. The standard InChI is InChI=1S/C14H17NO4/c1-3-19-14(18)13(9-16)15(10-17)11(2)12-7-5-4-6-8-12/h4-11,16H,3H2,1-2H3/b13-9-/t11-/m1/s1. The number of nitrogens with zero attached hydrogens (tertiary/aromatic N) is 1. The van der Waals surface area contributed by atoms with Crippen molar-refractivity contribution < 1.29 is 19.4 Å². The van der Waals surface area contributed by atoms with Crippen molar-refractivity contribution in [2.75, 3.05) is 6.61 Å². The number of esters is 1. The minimum Gasteiger partial charge on any atom is -0.513 e. The topological polar surface area (TPSA) is 66.8 Å². The highest BCUT2D eigenvalue weighted by molar-refractivity contribution is 5.90. The van der Waals surface area contributed by atoms with E-state index >= 15 is 0 Å². The molecule has 1 amide bonds. The first-order valence-electron chi connectivity index (χ1n) is 5.95. The van der Waals surface area contributed by atoms with Crippen LogP contribution in [-0.2, 0) is 14.3 Å². The summed E-state index contributed by atoms with van der Waals surface area (Å²) < 4.78 is 4.80. The number of aliphatic hydroxyl groups is 1. The number of amides is 1. The van der Waals surface area contributed by atoms with Crippen molar-refractivity contribution in [3.63, 3.8) is 0 Å². The molecular formula is C14H17NO4. The molecule has 0 heterocycles. The van der Waals surface area contributed by atoms with Crippen LogP contribution in [0.15, 0.2) is 42.3 Å². The van der Waals surface area contributed by atoms with E-state index in [0.717, 1.165) is 10.5 Å². The van der Waals surface area contributed by atoms with Crippen molar-refractivity contribution in [3.8, 4) is 0 Å². The van der Waals surface area contributed by atoms with Crippen LogP contribution in [0.2, 0.25) is 0 Å². The summed E-state index contributed by atoms with van der Waals surface area (Å²) >= 11 is 0. The molecule has 1 aromatic carbocycles. The van der Waals surface area contributed by atoms with Crippen LogP contribution in [0.5, 0.6) is 0 Å². The molecule has 0 aliphatic heterocycles. The second kappa shape index (κ2) is 7.20. The van der Waals surface area contributed by atoms with Gasteiger partial charge in [-0.3, -0.25) is 9.69 Å². The van der Waals surface area contributed by atoms with Crippen molar-refractivity contribution >= 4 is 12.4 Å². The molecule has 1 rings (SSSR count). The third-order valence-electron chi connectivity index (χ3n) is 2.70. The lowest BCUT2D eigenvalue weighted by Gasteiger charge is -2.25. The molecule has 102 valence electrons. The zero-order chi connectivity index (χ0) is 14.3. The molecule has 1 aromatic rings. The maximum absolute atomic E-state index is 11.7. The summed E-state index contributed by atoms with van der Waals surface area (Å²) in [6.45, 7) is 3.58. The van der Waals surface area contributed by atoms with Crippen molar-refractivity contribution in [1.29, 1.82) is 0 Å². The minimum atomic E-state index is -0.736. The lowest BCUT2D eigenvalue weighted by atomic mass is 10.1. The Morgan fingerprint density at radius 1 is 1.42 bits per heavy atom. The van der Waals surface area contributed by atoms with Crippen LogP contribution in [0.3, 0.4) is 0 Å². The largest absolute Gasteiger partial charge is 0.513 e. The van der Waals surface area contributed by atoms with Crippen LogP contribution >= 0.6 is 0 Å². The maximum atomic E-state index is 11.7. The number of hydrogen-bond acceptors (Lipinski definition) is 4. The van der Waals surface area contributed by atoms with Gasteiger partial charge in [-0.25, -0.2) is 4.79 Å². The fraction of sp³-hybridized carbons (Fsp3) is 0.286. The van der Waals surface area contributed by atoms with Crippen LogP contribution in [0.1, 0.15) is 25.5 Å². The number of carbonyl (C=O) groups is 2. The van der Waals surface area contributed by atoms with Crippen molar-refractivity contribution in [2.45, 2.75) is 19.9 Å². The van der Waals surface area contributed by atoms with Gasteiger partial charge in [0.05, 0.1) is 12.6 Å². The van der Waals surface area contributed by atoms with Gasteiger partial charge in [0.15, 0.2) is 5.70 Å². The fourth-order valence-electron chi connectivity index (χ4n) is 1.68. The predicted molar refractivity (Wildman–Crippen MR) is 70.1 cm³/mol. The molecule has 0 radical (unpaired) electrons. The number of aliphatic hydroxyl groups excluding tert-OH is 1. The number of rotatable bonds is 6. The molecule has 0 spiro atoms. The van der Waals surface area contributed by atoms with E-state index in [1.165, 1.54) is 0 Å². The number of hydrogen-bond donors (Lipinski definition) is 1. The van der Waals surface area contributed by atoms with Gasteiger partial charge in [0.25, 0.3) is 0 Å². The second-order valence-corrected chi connectivity index (χ2v) is 3.83. The quantitative estimate of drug-likeness (QED) is 0.369. The summed E-state index contributed by atoms with van der Waals surface area (Å²) in [7, 11) is 0. The first-order chi connectivity index (χ1) is 9.15. The van der Waals surface area contributed by atoms with Gasteiger partial charge in [-0.1, -0.05) is 30.3 Å². The van der Waals surface area contributed by atoms with E-state index in [9.17, 15) is 9.59 Å². The highest BCUT2D eigenvalue weighted by Crippen LogP contribution is 2.22. The SMILES string of the molecule is CCOC(=O)/C(=C/O)N(C=O)[C@H](C)c1ccccc1. The molecule has 0 fully saturated rings. The van der Waals surface area contributed by atoms with Gasteiger partial charge >= 0.3 is 5.97 Å². The summed E-state index contributed by atoms with van der Waals surface area (Å²) in [5, 5.41) is 9.16. The third kappa shape index (κ3) is 3.58. The molecule has 0 aliphatic carbocycles. The van der Waals surface area contributed by atoms with Crippen LogP contribution in [0.4, 0.5) is 0 Å². The Labute approximate surface area is 112 Å². The summed E-state index contributed by atoms with van der Waals surface area (Å²) in [5.74, 6) is -0.736. The molecule has 5 nitrogen and oxygen atoms in total. The Balaban J connectivity index is 2.99. The number of carbonyl (C=O) groups excluding carboxylic acids is 2. The molecule has 0 unspecified atom stereocenters. The van der Waals surface area contributed by atoms with Crippen LogP contribution in [0.25, 0.3) is 0 Å². The van der Waals surface area contributed by atoms with Gasteiger partial charge in [-0.15, -0.1) is 0 Å². The average molecular weight is 263 g/mol. The Kier molecular flexibility index (Phi) is 5.60. The van der Waals surface area contributed by atoms with Gasteiger partial charge in [0.1, 0.15) is 6.26 Å². The molecule has 0 saturated heterocycles. The zero-order valence-corrected chi connectivity index (χ0v) is 10.9. The molecule has 19 heavy (non-hydrogen) atoms. The van der Waals surface area contributed by atoms with Gasteiger partial charge in [-0.2, -0.15) is 0 Å². The van der Waals surface area contributed by atoms with E-state index in [4.69, 9.17) is 9.84 Å². The average Bonchev–Trinajstić information content (AvgIpc) is 2.45. The Bertz CT molecular complexity index is 456. The van der Waals surface area contributed by atoms with E-state index in [-0.39, 0.29) is 18.3 Å². The van der Waals surface area contributed by atoms with Crippen molar-refractivity contribution in [3.05, 3.63) is 47.9 Å². The zero-order valence-electron chi connectivity index (χ0n) is 10.9. The molecule has 1 N–H and O–H groups in total. The Morgan fingerprint density at radius 2 is 2.05 bits per heavy atom. The van der Waals surface area contributed by atoms with Gasteiger partial charge in [0, 0.05) is 0 Å².